The van der Waals surface area contributed by atoms with Crippen LogP contribution in [0.15, 0.2) is 114 Å². The summed E-state index contributed by atoms with van der Waals surface area (Å²) in [5, 5.41) is 2.87. The number of methoxy groups -OCH3 is 1. The number of benzene rings is 4. The van der Waals surface area contributed by atoms with Crippen molar-refractivity contribution < 1.29 is 22.7 Å². The van der Waals surface area contributed by atoms with Crippen LogP contribution >= 0.6 is 0 Å². The number of rotatable bonds is 13. The maximum absolute atomic E-state index is 14.4. The summed E-state index contributed by atoms with van der Waals surface area (Å²) in [4.78, 5) is 29.5. The van der Waals surface area contributed by atoms with Crippen molar-refractivity contribution in [3.8, 4) is 5.75 Å². The Kier molecular flexibility index (Phi) is 10.6. The first-order chi connectivity index (χ1) is 20.7. The summed E-state index contributed by atoms with van der Waals surface area (Å²) >= 11 is 0. The molecule has 1 unspecified atom stereocenters. The SMILES string of the molecule is CCNC(=O)C(Cc1ccccc1)N(Cc1cccc(OC)c1)C(=O)CN(c1ccccc1C)S(=O)(=O)c1ccccc1. The van der Waals surface area contributed by atoms with E-state index in [2.05, 4.69) is 5.32 Å². The van der Waals surface area contributed by atoms with Crippen molar-refractivity contribution in [1.29, 1.82) is 0 Å². The summed E-state index contributed by atoms with van der Waals surface area (Å²) in [5.41, 5.74) is 2.69. The molecule has 0 bridgehead atoms. The van der Waals surface area contributed by atoms with Crippen LogP contribution < -0.4 is 14.4 Å². The van der Waals surface area contributed by atoms with Gasteiger partial charge in [-0.25, -0.2) is 8.42 Å². The number of nitrogens with one attached hydrogen (secondary N) is 1. The van der Waals surface area contributed by atoms with Gasteiger partial charge in [-0.2, -0.15) is 0 Å². The van der Waals surface area contributed by atoms with Gasteiger partial charge in [-0.1, -0.05) is 78.9 Å². The fourth-order valence-corrected chi connectivity index (χ4v) is 6.39. The summed E-state index contributed by atoms with van der Waals surface area (Å²) in [6.07, 6.45) is 0.248. The van der Waals surface area contributed by atoms with E-state index in [9.17, 15) is 18.0 Å². The second-order valence-corrected chi connectivity index (χ2v) is 11.9. The number of para-hydroxylation sites is 1. The number of aryl methyl sites for hydroxylation is 1. The van der Waals surface area contributed by atoms with Crippen molar-refractivity contribution in [2.75, 3.05) is 24.5 Å². The van der Waals surface area contributed by atoms with Gasteiger partial charge in [0.15, 0.2) is 0 Å². The van der Waals surface area contributed by atoms with Crippen molar-refractivity contribution in [2.45, 2.75) is 37.8 Å². The molecule has 0 aliphatic heterocycles. The molecule has 0 aliphatic rings. The minimum absolute atomic E-state index is 0.0648. The first-order valence-corrected chi connectivity index (χ1v) is 15.6. The molecule has 4 aromatic rings. The molecule has 9 heteroatoms. The van der Waals surface area contributed by atoms with Crippen molar-refractivity contribution in [3.05, 3.63) is 126 Å². The van der Waals surface area contributed by atoms with Gasteiger partial charge in [-0.15, -0.1) is 0 Å². The van der Waals surface area contributed by atoms with Crippen molar-refractivity contribution in [2.24, 2.45) is 0 Å². The second kappa shape index (κ2) is 14.5. The lowest BCUT2D eigenvalue weighted by atomic mass is 10.0. The third-order valence-electron chi connectivity index (χ3n) is 7.10. The monoisotopic (exact) mass is 599 g/mol. The molecule has 4 aromatic carbocycles. The highest BCUT2D eigenvalue weighted by Crippen LogP contribution is 2.28. The molecule has 1 atom stereocenters. The summed E-state index contributed by atoms with van der Waals surface area (Å²) < 4.78 is 34.6. The Morgan fingerprint density at radius 2 is 1.47 bits per heavy atom. The average Bonchev–Trinajstić information content (AvgIpc) is 3.03. The summed E-state index contributed by atoms with van der Waals surface area (Å²) in [7, 11) is -2.58. The third-order valence-corrected chi connectivity index (χ3v) is 8.88. The highest BCUT2D eigenvalue weighted by atomic mass is 32.2. The van der Waals surface area contributed by atoms with E-state index in [1.807, 2.05) is 55.5 Å². The van der Waals surface area contributed by atoms with E-state index in [1.165, 1.54) is 17.0 Å². The molecular weight excluding hydrogens is 562 g/mol. The molecule has 4 rings (SSSR count). The molecule has 224 valence electrons. The van der Waals surface area contributed by atoms with Crippen LogP contribution in [0.5, 0.6) is 5.75 Å². The Hall–Kier alpha value is -4.63. The lowest BCUT2D eigenvalue weighted by Crippen LogP contribution is -2.53. The predicted molar refractivity (Wildman–Crippen MR) is 168 cm³/mol. The van der Waals surface area contributed by atoms with Gasteiger partial charge in [-0.3, -0.25) is 13.9 Å². The Morgan fingerprint density at radius 3 is 2.12 bits per heavy atom. The molecule has 1 N–H and O–H groups in total. The minimum Gasteiger partial charge on any atom is -0.497 e. The molecule has 0 heterocycles. The van der Waals surface area contributed by atoms with Gasteiger partial charge < -0.3 is 15.0 Å². The molecule has 8 nitrogen and oxygen atoms in total. The first-order valence-electron chi connectivity index (χ1n) is 14.1. The Morgan fingerprint density at radius 1 is 0.837 bits per heavy atom. The number of anilines is 1. The highest BCUT2D eigenvalue weighted by molar-refractivity contribution is 7.92. The van der Waals surface area contributed by atoms with Crippen molar-refractivity contribution in [3.63, 3.8) is 0 Å². The molecule has 0 spiro atoms. The normalized spacial score (nSPS) is 11.8. The topological polar surface area (TPSA) is 96.0 Å². The number of hydrogen-bond acceptors (Lipinski definition) is 5. The van der Waals surface area contributed by atoms with Crippen LogP contribution in [0.3, 0.4) is 0 Å². The Labute approximate surface area is 254 Å². The number of hydrogen-bond donors (Lipinski definition) is 1. The molecular formula is C34H37N3O5S. The van der Waals surface area contributed by atoms with Crippen LogP contribution in [0, 0.1) is 6.92 Å². The van der Waals surface area contributed by atoms with E-state index in [0.717, 1.165) is 15.4 Å². The first kappa shape index (κ1) is 31.3. The highest BCUT2D eigenvalue weighted by Gasteiger charge is 2.34. The van der Waals surface area contributed by atoms with Crippen molar-refractivity contribution >= 4 is 27.5 Å². The van der Waals surface area contributed by atoms with E-state index < -0.39 is 28.5 Å². The number of likely N-dealkylation sites (N-methyl/N-ethyl adjacent to an activating group) is 1. The summed E-state index contributed by atoms with van der Waals surface area (Å²) in [6.45, 7) is 3.56. The van der Waals surface area contributed by atoms with E-state index in [1.54, 1.807) is 62.6 Å². The number of nitrogens with zero attached hydrogens (tertiary/aromatic N) is 2. The zero-order chi connectivity index (χ0) is 30.8. The smallest absolute Gasteiger partial charge is 0.264 e. The van der Waals surface area contributed by atoms with Gasteiger partial charge in [0.05, 0.1) is 17.7 Å². The number of carbonyl (C=O) groups is 2. The third kappa shape index (κ3) is 7.81. The van der Waals surface area contributed by atoms with Crippen LogP contribution in [0.4, 0.5) is 5.69 Å². The molecule has 0 saturated carbocycles. The van der Waals surface area contributed by atoms with Crippen LogP contribution in [-0.4, -0.2) is 51.4 Å². The molecule has 2 amide bonds. The lowest BCUT2D eigenvalue weighted by molar-refractivity contribution is -0.140. The van der Waals surface area contributed by atoms with E-state index in [-0.39, 0.29) is 23.8 Å². The molecule has 0 radical (unpaired) electrons. The zero-order valence-electron chi connectivity index (χ0n) is 24.6. The number of sulfonamides is 1. The van der Waals surface area contributed by atoms with Crippen molar-refractivity contribution in [1.82, 2.24) is 10.2 Å². The Bertz CT molecular complexity index is 1630. The fourth-order valence-electron chi connectivity index (χ4n) is 4.89. The molecule has 0 fully saturated rings. The largest absolute Gasteiger partial charge is 0.497 e. The number of carbonyl (C=O) groups excluding carboxylic acids is 2. The van der Waals surface area contributed by atoms with Crippen LogP contribution in [0.1, 0.15) is 23.6 Å². The summed E-state index contributed by atoms with van der Waals surface area (Å²) in [5.74, 6) is -0.232. The van der Waals surface area contributed by atoms with Crippen LogP contribution in [-0.2, 0) is 32.6 Å². The lowest BCUT2D eigenvalue weighted by Gasteiger charge is -2.34. The summed E-state index contributed by atoms with van der Waals surface area (Å²) in [6, 6.07) is 30.9. The second-order valence-electron chi connectivity index (χ2n) is 10.1. The maximum atomic E-state index is 14.4. The number of ether oxygens (including phenoxy) is 1. The van der Waals surface area contributed by atoms with Gasteiger partial charge >= 0.3 is 0 Å². The number of amides is 2. The molecule has 0 aliphatic carbocycles. The van der Waals surface area contributed by atoms with Crippen LogP contribution in [0.2, 0.25) is 0 Å². The van der Waals surface area contributed by atoms with E-state index in [0.29, 0.717) is 23.5 Å². The Balaban J connectivity index is 1.81. The molecule has 43 heavy (non-hydrogen) atoms. The standard InChI is InChI=1S/C34H37N3O5S/c1-4-35-34(39)32(23-27-15-7-5-8-16-27)36(24-28-17-13-18-29(22-28)42-3)33(38)25-37(31-21-12-11-14-26(31)2)43(40,41)30-19-9-6-10-20-30/h5-22,32H,4,23-25H2,1-3H3,(H,35,39). The van der Waals surface area contributed by atoms with Gasteiger partial charge in [0.2, 0.25) is 11.8 Å². The molecule has 0 aromatic heterocycles. The fraction of sp³-hybridized carbons (Fsp3) is 0.235. The van der Waals surface area contributed by atoms with Gasteiger partial charge in [0.25, 0.3) is 10.0 Å². The van der Waals surface area contributed by atoms with E-state index >= 15 is 0 Å². The minimum atomic E-state index is -4.14. The molecule has 0 saturated heterocycles. The van der Waals surface area contributed by atoms with Crippen LogP contribution in [0.25, 0.3) is 0 Å². The van der Waals surface area contributed by atoms with Gasteiger partial charge in [0.1, 0.15) is 18.3 Å². The van der Waals surface area contributed by atoms with E-state index in [4.69, 9.17) is 4.74 Å². The van der Waals surface area contributed by atoms with Gasteiger partial charge in [0, 0.05) is 19.5 Å². The van der Waals surface area contributed by atoms with Gasteiger partial charge in [-0.05, 0) is 60.9 Å². The average molecular weight is 600 g/mol. The predicted octanol–water partition coefficient (Wildman–Crippen LogP) is 4.98. The quantitative estimate of drug-likeness (QED) is 0.234. The maximum Gasteiger partial charge on any atom is 0.264 e. The zero-order valence-corrected chi connectivity index (χ0v) is 25.5.